The molecule has 0 spiro atoms. The SMILES string of the molecule is Cc1ccccc1OCC(=O)N1CCN(C(=O)CC[C@@H](C(=O)O)N2C(=O)c3ccccc3C2=O)CC1. The van der Waals surface area contributed by atoms with Crippen LogP contribution in [0.5, 0.6) is 5.75 Å². The third-order valence-corrected chi connectivity index (χ3v) is 6.48. The first-order chi connectivity index (χ1) is 17.3. The third kappa shape index (κ3) is 5.07. The van der Waals surface area contributed by atoms with E-state index in [1.807, 2.05) is 25.1 Å². The van der Waals surface area contributed by atoms with E-state index in [0.29, 0.717) is 31.9 Å². The number of ether oxygens (including phenoxy) is 1. The molecule has 0 radical (unpaired) electrons. The summed E-state index contributed by atoms with van der Waals surface area (Å²) >= 11 is 0. The van der Waals surface area contributed by atoms with Crippen LogP contribution < -0.4 is 4.74 Å². The number of carboxylic acids is 1. The van der Waals surface area contributed by atoms with Crippen LogP contribution in [0.3, 0.4) is 0 Å². The number of aliphatic carboxylic acids is 1. The van der Waals surface area contributed by atoms with Crippen LogP contribution in [0.15, 0.2) is 48.5 Å². The Hall–Kier alpha value is -4.21. The van der Waals surface area contributed by atoms with E-state index in [9.17, 15) is 29.1 Å². The van der Waals surface area contributed by atoms with Crippen LogP contribution in [-0.4, -0.2) is 88.2 Å². The van der Waals surface area contributed by atoms with Crippen molar-refractivity contribution in [3.8, 4) is 5.75 Å². The molecule has 0 saturated carbocycles. The molecule has 36 heavy (non-hydrogen) atoms. The van der Waals surface area contributed by atoms with Gasteiger partial charge in [-0.15, -0.1) is 0 Å². The van der Waals surface area contributed by atoms with Gasteiger partial charge in [-0.3, -0.25) is 24.1 Å². The average molecular weight is 494 g/mol. The normalized spacial score (nSPS) is 16.1. The highest BCUT2D eigenvalue weighted by molar-refractivity contribution is 6.22. The van der Waals surface area contributed by atoms with Gasteiger partial charge in [0.1, 0.15) is 11.8 Å². The summed E-state index contributed by atoms with van der Waals surface area (Å²) in [4.78, 5) is 66.4. The van der Waals surface area contributed by atoms with Gasteiger partial charge in [0, 0.05) is 32.6 Å². The zero-order valence-electron chi connectivity index (χ0n) is 19.9. The number of imide groups is 1. The molecule has 1 fully saturated rings. The Bertz CT molecular complexity index is 1170. The highest BCUT2D eigenvalue weighted by Crippen LogP contribution is 2.26. The Morgan fingerprint density at radius 2 is 1.39 bits per heavy atom. The van der Waals surface area contributed by atoms with Gasteiger partial charge in [-0.25, -0.2) is 4.79 Å². The van der Waals surface area contributed by atoms with Crippen molar-refractivity contribution < 1.29 is 33.8 Å². The second-order valence-corrected chi connectivity index (χ2v) is 8.73. The first-order valence-corrected chi connectivity index (χ1v) is 11.7. The molecule has 1 atom stereocenters. The van der Waals surface area contributed by atoms with E-state index in [1.165, 1.54) is 12.1 Å². The third-order valence-electron chi connectivity index (χ3n) is 6.48. The lowest BCUT2D eigenvalue weighted by Gasteiger charge is -2.35. The number of nitrogens with zero attached hydrogens (tertiary/aromatic N) is 3. The maximum Gasteiger partial charge on any atom is 0.326 e. The molecule has 4 rings (SSSR count). The molecule has 2 aliphatic rings. The minimum Gasteiger partial charge on any atom is -0.484 e. The number of fused-ring (bicyclic) bond motifs is 1. The van der Waals surface area contributed by atoms with E-state index in [-0.39, 0.29) is 42.4 Å². The van der Waals surface area contributed by atoms with Crippen LogP contribution >= 0.6 is 0 Å². The summed E-state index contributed by atoms with van der Waals surface area (Å²) in [6, 6.07) is 12.1. The minimum absolute atomic E-state index is 0.0978. The average Bonchev–Trinajstić information content (AvgIpc) is 3.13. The van der Waals surface area contributed by atoms with Crippen LogP contribution in [0.25, 0.3) is 0 Å². The van der Waals surface area contributed by atoms with Crippen molar-refractivity contribution in [1.82, 2.24) is 14.7 Å². The van der Waals surface area contributed by atoms with Gasteiger partial charge in [0.2, 0.25) is 5.91 Å². The van der Waals surface area contributed by atoms with E-state index in [0.717, 1.165) is 10.5 Å². The number of benzene rings is 2. The maximum absolute atomic E-state index is 12.8. The largest absolute Gasteiger partial charge is 0.484 e. The number of carbonyl (C=O) groups excluding carboxylic acids is 4. The van der Waals surface area contributed by atoms with Gasteiger partial charge in [0.15, 0.2) is 6.61 Å². The Labute approximate surface area is 208 Å². The summed E-state index contributed by atoms with van der Waals surface area (Å²) < 4.78 is 5.62. The van der Waals surface area contributed by atoms with E-state index >= 15 is 0 Å². The molecule has 10 heteroatoms. The number of rotatable bonds is 8. The van der Waals surface area contributed by atoms with Crippen LogP contribution in [0.1, 0.15) is 39.1 Å². The van der Waals surface area contributed by atoms with Crippen molar-refractivity contribution in [3.05, 3.63) is 65.2 Å². The molecule has 2 aliphatic heterocycles. The van der Waals surface area contributed by atoms with Crippen LogP contribution in [0.4, 0.5) is 0 Å². The molecule has 0 bridgehead atoms. The second kappa shape index (κ2) is 10.6. The van der Waals surface area contributed by atoms with E-state index < -0.39 is 23.8 Å². The predicted molar refractivity (Wildman–Crippen MR) is 127 cm³/mol. The first kappa shape index (κ1) is 24.9. The Morgan fingerprint density at radius 3 is 1.94 bits per heavy atom. The summed E-state index contributed by atoms with van der Waals surface area (Å²) in [6.07, 6.45) is -0.336. The zero-order valence-corrected chi connectivity index (χ0v) is 19.9. The number of amides is 4. The highest BCUT2D eigenvalue weighted by Gasteiger charge is 2.43. The zero-order chi connectivity index (χ0) is 25.8. The van der Waals surface area contributed by atoms with Crippen molar-refractivity contribution in [1.29, 1.82) is 0 Å². The van der Waals surface area contributed by atoms with Gasteiger partial charge >= 0.3 is 5.97 Å². The maximum atomic E-state index is 12.8. The quantitative estimate of drug-likeness (QED) is 0.554. The fourth-order valence-corrected chi connectivity index (χ4v) is 4.43. The minimum atomic E-state index is -1.44. The molecule has 188 valence electrons. The van der Waals surface area contributed by atoms with Gasteiger partial charge in [0.05, 0.1) is 11.1 Å². The van der Waals surface area contributed by atoms with Gasteiger partial charge < -0.3 is 19.6 Å². The second-order valence-electron chi connectivity index (χ2n) is 8.73. The molecule has 2 heterocycles. The van der Waals surface area contributed by atoms with Crippen molar-refractivity contribution in [2.24, 2.45) is 0 Å². The van der Waals surface area contributed by atoms with Gasteiger partial charge in [-0.1, -0.05) is 30.3 Å². The topological polar surface area (TPSA) is 125 Å². The summed E-state index contributed by atoms with van der Waals surface area (Å²) in [5.74, 6) is -2.51. The van der Waals surface area contributed by atoms with Crippen molar-refractivity contribution >= 4 is 29.6 Å². The summed E-state index contributed by atoms with van der Waals surface area (Å²) in [6.45, 7) is 3.08. The van der Waals surface area contributed by atoms with Crippen LogP contribution in [0, 0.1) is 6.92 Å². The standard InChI is InChI=1S/C26H27N3O7/c1-17-6-2-5-9-21(17)36-16-23(31)28-14-12-27(13-15-28)22(30)11-10-20(26(34)35)29-24(32)18-7-3-4-8-19(18)25(29)33/h2-9,20H,10-16H2,1H3,(H,34,35)/t20-/m0/s1. The lowest BCUT2D eigenvalue weighted by atomic mass is 10.1. The highest BCUT2D eigenvalue weighted by atomic mass is 16.5. The summed E-state index contributed by atoms with van der Waals surface area (Å²) in [5.41, 5.74) is 1.25. The molecule has 10 nitrogen and oxygen atoms in total. The van der Waals surface area contributed by atoms with E-state index in [2.05, 4.69) is 0 Å². The van der Waals surface area contributed by atoms with Gasteiger partial charge in [-0.05, 0) is 37.1 Å². The van der Waals surface area contributed by atoms with E-state index in [1.54, 1.807) is 28.0 Å². The Balaban J connectivity index is 1.28. The molecule has 0 aliphatic carbocycles. The lowest BCUT2D eigenvalue weighted by Crippen LogP contribution is -2.52. The molecule has 4 amide bonds. The van der Waals surface area contributed by atoms with Crippen LogP contribution in [-0.2, 0) is 14.4 Å². The molecule has 0 unspecified atom stereocenters. The Morgan fingerprint density at radius 1 is 0.861 bits per heavy atom. The number of carboxylic acid groups (broad SMARTS) is 1. The number of para-hydroxylation sites is 1. The first-order valence-electron chi connectivity index (χ1n) is 11.7. The molecule has 1 N–H and O–H groups in total. The van der Waals surface area contributed by atoms with Gasteiger partial charge in [-0.2, -0.15) is 0 Å². The van der Waals surface area contributed by atoms with Crippen molar-refractivity contribution in [3.63, 3.8) is 0 Å². The molecule has 2 aromatic rings. The lowest BCUT2D eigenvalue weighted by molar-refractivity contribution is -0.143. The fraction of sp³-hybridized carbons (Fsp3) is 0.346. The smallest absolute Gasteiger partial charge is 0.326 e. The monoisotopic (exact) mass is 493 g/mol. The van der Waals surface area contributed by atoms with Crippen molar-refractivity contribution in [2.45, 2.75) is 25.8 Å². The number of hydrogen-bond donors (Lipinski definition) is 1. The van der Waals surface area contributed by atoms with E-state index in [4.69, 9.17) is 4.74 Å². The molecule has 2 aromatic carbocycles. The van der Waals surface area contributed by atoms with Crippen molar-refractivity contribution in [2.75, 3.05) is 32.8 Å². The molecule has 1 saturated heterocycles. The number of carbonyl (C=O) groups is 5. The number of hydrogen-bond acceptors (Lipinski definition) is 6. The fourth-order valence-electron chi connectivity index (χ4n) is 4.43. The Kier molecular flexibility index (Phi) is 7.33. The van der Waals surface area contributed by atoms with Crippen LogP contribution in [0.2, 0.25) is 0 Å². The molecular weight excluding hydrogens is 466 g/mol. The number of piperazine rings is 1. The van der Waals surface area contributed by atoms with Gasteiger partial charge in [0.25, 0.3) is 17.7 Å². The summed E-state index contributed by atoms with van der Waals surface area (Å²) in [7, 11) is 0. The molecule has 0 aromatic heterocycles. The predicted octanol–water partition coefficient (Wildman–Crippen LogP) is 1.57. The summed E-state index contributed by atoms with van der Waals surface area (Å²) in [5, 5.41) is 9.69. The number of aryl methyl sites for hydroxylation is 1. The molecular formula is C26H27N3O7.